The SMILES string of the molecule is COc1ccc(OC)c(CNC(=O)c2ccc(-c3cccs3)nc2)c1. The summed E-state index contributed by atoms with van der Waals surface area (Å²) in [5.74, 6) is 1.23. The molecule has 3 rings (SSSR count). The van der Waals surface area contributed by atoms with Gasteiger partial charge in [-0.3, -0.25) is 9.78 Å². The number of aromatic nitrogens is 1. The molecule has 0 aliphatic heterocycles. The summed E-state index contributed by atoms with van der Waals surface area (Å²) in [4.78, 5) is 17.8. The van der Waals surface area contributed by atoms with E-state index in [9.17, 15) is 4.79 Å². The van der Waals surface area contributed by atoms with Gasteiger partial charge >= 0.3 is 0 Å². The highest BCUT2D eigenvalue weighted by atomic mass is 32.1. The van der Waals surface area contributed by atoms with E-state index < -0.39 is 0 Å². The molecule has 0 aliphatic carbocycles. The first-order valence-corrected chi connectivity index (χ1v) is 8.58. The average molecular weight is 354 g/mol. The van der Waals surface area contributed by atoms with Gasteiger partial charge in [0.05, 0.1) is 30.4 Å². The quantitative estimate of drug-likeness (QED) is 0.732. The number of methoxy groups -OCH3 is 2. The van der Waals surface area contributed by atoms with E-state index in [1.54, 1.807) is 37.8 Å². The molecule has 0 atom stereocenters. The molecule has 0 unspecified atom stereocenters. The van der Waals surface area contributed by atoms with Gasteiger partial charge < -0.3 is 14.8 Å². The van der Waals surface area contributed by atoms with Gasteiger partial charge in [0.25, 0.3) is 5.91 Å². The Morgan fingerprint density at radius 2 is 2.04 bits per heavy atom. The molecular weight excluding hydrogens is 336 g/mol. The van der Waals surface area contributed by atoms with E-state index >= 15 is 0 Å². The number of carbonyl (C=O) groups is 1. The first-order chi connectivity index (χ1) is 12.2. The standard InChI is InChI=1S/C19H18N2O3S/c1-23-15-6-8-17(24-2)14(10-15)12-21-19(22)13-5-7-16(20-11-13)18-4-3-9-25-18/h3-11H,12H2,1-2H3,(H,21,22). The number of thiophene rings is 1. The van der Waals surface area contributed by atoms with E-state index in [1.165, 1.54) is 0 Å². The van der Waals surface area contributed by atoms with E-state index in [-0.39, 0.29) is 5.91 Å². The fourth-order valence-corrected chi connectivity index (χ4v) is 3.10. The molecule has 0 bridgehead atoms. The van der Waals surface area contributed by atoms with Crippen molar-refractivity contribution >= 4 is 17.2 Å². The highest BCUT2D eigenvalue weighted by Gasteiger charge is 2.10. The molecule has 0 saturated carbocycles. The summed E-state index contributed by atoms with van der Waals surface area (Å²) in [5, 5.41) is 4.88. The van der Waals surface area contributed by atoms with Crippen molar-refractivity contribution < 1.29 is 14.3 Å². The summed E-state index contributed by atoms with van der Waals surface area (Å²) in [6.45, 7) is 0.339. The van der Waals surface area contributed by atoms with Crippen LogP contribution in [0.25, 0.3) is 10.6 Å². The van der Waals surface area contributed by atoms with Crippen LogP contribution >= 0.6 is 11.3 Å². The first-order valence-electron chi connectivity index (χ1n) is 7.70. The predicted molar refractivity (Wildman–Crippen MR) is 98.3 cm³/mol. The molecule has 0 fully saturated rings. The zero-order valence-electron chi connectivity index (χ0n) is 14.0. The Balaban J connectivity index is 1.68. The lowest BCUT2D eigenvalue weighted by molar-refractivity contribution is 0.0950. The Hall–Kier alpha value is -2.86. The maximum absolute atomic E-state index is 12.3. The number of rotatable bonds is 6. The lowest BCUT2D eigenvalue weighted by Gasteiger charge is -2.11. The molecular formula is C19H18N2O3S. The van der Waals surface area contributed by atoms with Crippen LogP contribution in [0, 0.1) is 0 Å². The van der Waals surface area contributed by atoms with Crippen molar-refractivity contribution in [3.8, 4) is 22.1 Å². The lowest BCUT2D eigenvalue weighted by atomic mass is 10.1. The van der Waals surface area contributed by atoms with Crippen LogP contribution in [0.1, 0.15) is 15.9 Å². The van der Waals surface area contributed by atoms with Crippen LogP contribution in [-0.2, 0) is 6.54 Å². The summed E-state index contributed by atoms with van der Waals surface area (Å²) in [6.07, 6.45) is 1.59. The smallest absolute Gasteiger partial charge is 0.253 e. The van der Waals surface area contributed by atoms with Gasteiger partial charge in [0.2, 0.25) is 0 Å². The van der Waals surface area contributed by atoms with Crippen LogP contribution in [-0.4, -0.2) is 25.1 Å². The molecule has 1 amide bonds. The van der Waals surface area contributed by atoms with Gasteiger partial charge in [0.1, 0.15) is 11.5 Å². The summed E-state index contributed by atoms with van der Waals surface area (Å²) in [7, 11) is 3.20. The van der Waals surface area contributed by atoms with Gasteiger partial charge in [-0.2, -0.15) is 0 Å². The molecule has 0 aliphatic rings. The van der Waals surface area contributed by atoms with Gasteiger partial charge in [-0.25, -0.2) is 0 Å². The van der Waals surface area contributed by atoms with Crippen LogP contribution in [0.4, 0.5) is 0 Å². The zero-order valence-corrected chi connectivity index (χ0v) is 14.8. The summed E-state index contributed by atoms with van der Waals surface area (Å²) >= 11 is 1.62. The van der Waals surface area contributed by atoms with Crippen molar-refractivity contribution in [1.29, 1.82) is 0 Å². The summed E-state index contributed by atoms with van der Waals surface area (Å²) in [5.41, 5.74) is 2.22. The molecule has 2 aromatic heterocycles. The number of nitrogens with one attached hydrogen (secondary N) is 1. The van der Waals surface area contributed by atoms with Crippen LogP contribution in [0.3, 0.4) is 0 Å². The summed E-state index contributed by atoms with van der Waals surface area (Å²) in [6, 6.07) is 13.1. The van der Waals surface area contributed by atoms with E-state index in [0.717, 1.165) is 16.1 Å². The number of hydrogen-bond acceptors (Lipinski definition) is 5. The molecule has 1 aromatic carbocycles. The minimum atomic E-state index is -0.185. The fraction of sp³-hybridized carbons (Fsp3) is 0.158. The van der Waals surface area contributed by atoms with E-state index in [2.05, 4.69) is 10.3 Å². The molecule has 2 heterocycles. The number of hydrogen-bond donors (Lipinski definition) is 1. The van der Waals surface area contributed by atoms with Crippen molar-refractivity contribution in [2.45, 2.75) is 6.54 Å². The van der Waals surface area contributed by atoms with Crippen LogP contribution < -0.4 is 14.8 Å². The van der Waals surface area contributed by atoms with E-state index in [0.29, 0.717) is 23.6 Å². The monoisotopic (exact) mass is 354 g/mol. The van der Waals surface area contributed by atoms with Crippen LogP contribution in [0.15, 0.2) is 54.0 Å². The maximum Gasteiger partial charge on any atom is 0.253 e. The molecule has 0 radical (unpaired) electrons. The average Bonchev–Trinajstić information content (AvgIpc) is 3.20. The third kappa shape index (κ3) is 3.97. The van der Waals surface area contributed by atoms with Crippen molar-refractivity contribution in [1.82, 2.24) is 10.3 Å². The highest BCUT2D eigenvalue weighted by molar-refractivity contribution is 7.13. The lowest BCUT2D eigenvalue weighted by Crippen LogP contribution is -2.23. The maximum atomic E-state index is 12.3. The first kappa shape index (κ1) is 17.0. The molecule has 6 heteroatoms. The molecule has 0 saturated heterocycles. The predicted octanol–water partition coefficient (Wildman–Crippen LogP) is 3.76. The zero-order chi connectivity index (χ0) is 17.6. The van der Waals surface area contributed by atoms with Gasteiger partial charge in [0, 0.05) is 18.3 Å². The topological polar surface area (TPSA) is 60.5 Å². The minimum absolute atomic E-state index is 0.185. The number of carbonyl (C=O) groups excluding carboxylic acids is 1. The molecule has 25 heavy (non-hydrogen) atoms. The highest BCUT2D eigenvalue weighted by Crippen LogP contribution is 2.24. The fourth-order valence-electron chi connectivity index (χ4n) is 2.40. The van der Waals surface area contributed by atoms with Crippen molar-refractivity contribution in [2.75, 3.05) is 14.2 Å². The van der Waals surface area contributed by atoms with Crippen LogP contribution in [0.5, 0.6) is 11.5 Å². The van der Waals surface area contributed by atoms with Gasteiger partial charge in [-0.15, -0.1) is 11.3 Å². The second-order valence-corrected chi connectivity index (χ2v) is 6.22. The molecule has 0 spiro atoms. The van der Waals surface area contributed by atoms with E-state index in [4.69, 9.17) is 9.47 Å². The van der Waals surface area contributed by atoms with Crippen LogP contribution in [0.2, 0.25) is 0 Å². The third-order valence-electron chi connectivity index (χ3n) is 3.73. The Morgan fingerprint density at radius 3 is 2.68 bits per heavy atom. The molecule has 5 nitrogen and oxygen atoms in total. The second-order valence-electron chi connectivity index (χ2n) is 5.27. The van der Waals surface area contributed by atoms with Crippen molar-refractivity contribution in [2.24, 2.45) is 0 Å². The number of nitrogens with zero attached hydrogens (tertiary/aromatic N) is 1. The Labute approximate surface area is 150 Å². The minimum Gasteiger partial charge on any atom is -0.497 e. The van der Waals surface area contributed by atoms with Gasteiger partial charge in [-0.1, -0.05) is 6.07 Å². The summed E-state index contributed by atoms with van der Waals surface area (Å²) < 4.78 is 10.5. The normalized spacial score (nSPS) is 10.3. The van der Waals surface area contributed by atoms with Gasteiger partial charge in [-0.05, 0) is 41.8 Å². The molecule has 128 valence electrons. The number of ether oxygens (including phenoxy) is 2. The van der Waals surface area contributed by atoms with Crippen molar-refractivity contribution in [3.05, 3.63) is 65.2 Å². The Bertz CT molecular complexity index is 846. The molecule has 1 N–H and O–H groups in total. The Morgan fingerprint density at radius 1 is 1.16 bits per heavy atom. The Kier molecular flexibility index (Phi) is 5.30. The number of benzene rings is 1. The second kappa shape index (κ2) is 7.81. The van der Waals surface area contributed by atoms with E-state index in [1.807, 2.05) is 41.8 Å². The number of amides is 1. The van der Waals surface area contributed by atoms with Crippen molar-refractivity contribution in [3.63, 3.8) is 0 Å². The molecule has 3 aromatic rings. The number of pyridine rings is 1. The third-order valence-corrected chi connectivity index (χ3v) is 4.62. The van der Waals surface area contributed by atoms with Gasteiger partial charge in [0.15, 0.2) is 0 Å². The largest absolute Gasteiger partial charge is 0.497 e.